The van der Waals surface area contributed by atoms with Gasteiger partial charge in [0.1, 0.15) is 0 Å². The van der Waals surface area contributed by atoms with E-state index in [-0.39, 0.29) is 5.20 Å². The Morgan fingerprint density at radius 3 is 1.16 bits per heavy atom. The summed E-state index contributed by atoms with van der Waals surface area (Å²) in [5.74, 6) is 0. The first-order valence-corrected chi connectivity index (χ1v) is 5.70. The molecule has 2 N–H and O–H groups in total. The van der Waals surface area contributed by atoms with E-state index in [1.54, 1.807) is 0 Å². The highest BCUT2D eigenvalue weighted by Gasteiger charge is 2.83. The van der Waals surface area contributed by atoms with Gasteiger partial charge in [-0.2, -0.15) is 49.1 Å². The van der Waals surface area contributed by atoms with Gasteiger partial charge in [-0.05, 0) is 7.05 Å². The van der Waals surface area contributed by atoms with Gasteiger partial charge in [0, 0.05) is 0 Å². The summed E-state index contributed by atoms with van der Waals surface area (Å²) in [6, 6.07) is 0. The van der Waals surface area contributed by atoms with Gasteiger partial charge in [0.05, 0.1) is 0 Å². The van der Waals surface area contributed by atoms with E-state index in [4.69, 9.17) is 0 Å². The molecule has 0 unspecified atom stereocenters. The fourth-order valence-corrected chi connectivity index (χ4v) is 2.49. The Kier molecular flexibility index (Phi) is 4.64. The molecule has 0 atom stereocenters. The molecule has 0 aromatic rings. The second-order valence-electron chi connectivity index (χ2n) is 3.05. The molecule has 0 radical (unpaired) electrons. The Hall–Kier alpha value is -0.550. The number of hydrazine groups is 1. The van der Waals surface area contributed by atoms with Crippen molar-refractivity contribution in [2.45, 2.75) is 23.7 Å². The molecule has 3 nitrogen and oxygen atoms in total. The molecular formula is C5H5F10N2OP. The van der Waals surface area contributed by atoms with E-state index < -0.39 is 31.0 Å². The van der Waals surface area contributed by atoms with Gasteiger partial charge < -0.3 is 0 Å². The third-order valence-electron chi connectivity index (χ3n) is 1.74. The molecule has 0 saturated carbocycles. The molecule has 0 spiro atoms. The van der Waals surface area contributed by atoms with E-state index in [2.05, 4.69) is 0 Å². The first kappa shape index (κ1) is 18.4. The van der Waals surface area contributed by atoms with Gasteiger partial charge >= 0.3 is 31.0 Å². The lowest BCUT2D eigenvalue weighted by Crippen LogP contribution is -2.53. The molecule has 19 heavy (non-hydrogen) atoms. The summed E-state index contributed by atoms with van der Waals surface area (Å²) in [5.41, 5.74) is -12.6. The van der Waals surface area contributed by atoms with Gasteiger partial charge in [-0.1, -0.05) is 0 Å². The Bertz CT molecular complexity index is 343. The number of hydrogen-bond donors (Lipinski definition) is 2. The van der Waals surface area contributed by atoms with Crippen LogP contribution in [0.4, 0.5) is 43.9 Å². The monoisotopic (exact) mass is 330 g/mol. The van der Waals surface area contributed by atoms with Crippen molar-refractivity contribution in [3.8, 4) is 0 Å². The number of halogens is 10. The Morgan fingerprint density at radius 2 is 1.00 bits per heavy atom. The lowest BCUT2D eigenvalue weighted by atomic mass is 10.7. The van der Waals surface area contributed by atoms with E-state index in [1.165, 1.54) is 0 Å². The van der Waals surface area contributed by atoms with Crippen molar-refractivity contribution in [3.63, 3.8) is 0 Å². The fraction of sp³-hybridized carbons (Fsp3) is 1.00. The highest BCUT2D eigenvalue weighted by molar-refractivity contribution is 7.64. The zero-order chi connectivity index (χ0) is 15.9. The zero-order valence-corrected chi connectivity index (χ0v) is 9.53. The van der Waals surface area contributed by atoms with E-state index in [9.17, 15) is 48.5 Å². The molecule has 0 bridgehead atoms. The minimum atomic E-state index is -7.65. The maximum Gasteiger partial charge on any atom is 0.462 e. The minimum Gasteiger partial charge on any atom is -0.292 e. The predicted octanol–water partition coefficient (Wildman–Crippen LogP) is 3.30. The lowest BCUT2D eigenvalue weighted by Gasteiger charge is -2.34. The van der Waals surface area contributed by atoms with Crippen LogP contribution in [0.1, 0.15) is 0 Å². The number of rotatable bonds is 4. The Balaban J connectivity index is 6.13. The van der Waals surface area contributed by atoms with Gasteiger partial charge in [-0.3, -0.25) is 9.99 Å². The second-order valence-corrected chi connectivity index (χ2v) is 5.61. The van der Waals surface area contributed by atoms with Crippen molar-refractivity contribution in [1.29, 1.82) is 0 Å². The highest BCUT2D eigenvalue weighted by atomic mass is 31.2. The maximum absolute atomic E-state index is 12.7. The summed E-state index contributed by atoms with van der Waals surface area (Å²) in [5, 5.41) is 0.218. The van der Waals surface area contributed by atoms with Crippen molar-refractivity contribution in [2.75, 3.05) is 7.05 Å². The Labute approximate surface area is 98.3 Å². The smallest absolute Gasteiger partial charge is 0.292 e. The lowest BCUT2D eigenvalue weighted by molar-refractivity contribution is -0.267. The van der Waals surface area contributed by atoms with Gasteiger partial charge in [0.15, 0.2) is 0 Å². The van der Waals surface area contributed by atoms with Crippen molar-refractivity contribution < 1.29 is 48.5 Å². The van der Waals surface area contributed by atoms with Crippen LogP contribution in [0.3, 0.4) is 0 Å². The quantitative estimate of drug-likeness (QED) is 0.472. The molecule has 0 saturated heterocycles. The SMILES string of the molecule is CNNP(=O)(C(F)(F)C(F)(F)F)C(F)(F)C(F)(F)F. The molecule has 0 aromatic carbocycles. The summed E-state index contributed by atoms with van der Waals surface area (Å²) in [7, 11) is -7.25. The molecular weight excluding hydrogens is 325 g/mol. The van der Waals surface area contributed by atoms with Crippen molar-refractivity contribution in [1.82, 2.24) is 10.6 Å². The van der Waals surface area contributed by atoms with Crippen molar-refractivity contribution >= 4 is 7.29 Å². The highest BCUT2D eigenvalue weighted by Crippen LogP contribution is 2.74. The van der Waals surface area contributed by atoms with Crippen LogP contribution in [0.25, 0.3) is 0 Å². The topological polar surface area (TPSA) is 41.1 Å². The van der Waals surface area contributed by atoms with Crippen LogP contribution >= 0.6 is 7.29 Å². The summed E-state index contributed by atoms with van der Waals surface area (Å²) in [6.07, 6.45) is -13.7. The first-order valence-electron chi connectivity index (χ1n) is 3.99. The zero-order valence-electron chi connectivity index (χ0n) is 8.64. The average molecular weight is 330 g/mol. The largest absolute Gasteiger partial charge is 0.462 e. The molecule has 0 fully saturated rings. The normalized spacial score (nSPS) is 15.7. The van der Waals surface area contributed by atoms with E-state index in [1.807, 2.05) is 0 Å². The molecule has 116 valence electrons. The van der Waals surface area contributed by atoms with Crippen molar-refractivity contribution in [2.24, 2.45) is 0 Å². The maximum atomic E-state index is 12.7. The number of alkyl halides is 10. The fourth-order valence-electron chi connectivity index (χ4n) is 0.831. The molecule has 0 aliphatic rings. The molecule has 0 aliphatic carbocycles. The number of nitrogens with one attached hydrogen (secondary N) is 2. The van der Waals surface area contributed by atoms with E-state index in [0.29, 0.717) is 7.05 Å². The summed E-state index contributed by atoms with van der Waals surface area (Å²) >= 11 is 0. The van der Waals surface area contributed by atoms with Gasteiger partial charge in [0.25, 0.3) is 0 Å². The number of hydrogen-bond acceptors (Lipinski definition) is 2. The van der Waals surface area contributed by atoms with Crippen LogP contribution in [0.2, 0.25) is 0 Å². The Morgan fingerprint density at radius 1 is 0.737 bits per heavy atom. The third-order valence-corrected chi connectivity index (χ3v) is 4.37. The van der Waals surface area contributed by atoms with Crippen molar-refractivity contribution in [3.05, 3.63) is 0 Å². The van der Waals surface area contributed by atoms with Gasteiger partial charge in [-0.25, -0.2) is 0 Å². The summed E-state index contributed by atoms with van der Waals surface area (Å²) in [4.78, 5) is 0. The van der Waals surface area contributed by atoms with Crippen LogP contribution in [0.5, 0.6) is 0 Å². The molecule has 0 aliphatic heterocycles. The third kappa shape index (κ3) is 2.68. The summed E-state index contributed by atoms with van der Waals surface area (Å²) < 4.78 is 133. The molecule has 0 heterocycles. The van der Waals surface area contributed by atoms with Crippen LogP contribution < -0.4 is 10.6 Å². The van der Waals surface area contributed by atoms with E-state index in [0.717, 1.165) is 5.43 Å². The summed E-state index contributed by atoms with van der Waals surface area (Å²) in [6.45, 7) is 0. The second kappa shape index (κ2) is 4.77. The minimum absolute atomic E-state index is 0.218. The molecule has 0 aromatic heterocycles. The average Bonchev–Trinajstić information content (AvgIpc) is 2.13. The standard InChI is InChI=1S/C5H5F10N2OP/c1-16-17-19(18,4(12,13)2(6,7)8)5(14,15)3(9,10)11/h16H,1H3,(H,17,18). The molecule has 0 amide bonds. The van der Waals surface area contributed by atoms with Crippen LogP contribution in [-0.2, 0) is 4.57 Å². The van der Waals surface area contributed by atoms with Crippen LogP contribution in [-0.4, -0.2) is 30.7 Å². The van der Waals surface area contributed by atoms with Crippen LogP contribution in [0.15, 0.2) is 0 Å². The van der Waals surface area contributed by atoms with E-state index >= 15 is 0 Å². The molecule has 0 rings (SSSR count). The van der Waals surface area contributed by atoms with Gasteiger partial charge in [-0.15, -0.1) is 0 Å². The molecule has 14 heteroatoms. The van der Waals surface area contributed by atoms with Gasteiger partial charge in [0.2, 0.25) is 0 Å². The predicted molar refractivity (Wildman–Crippen MR) is 41.8 cm³/mol. The first-order chi connectivity index (χ1) is 8.06. The van der Waals surface area contributed by atoms with Crippen LogP contribution in [0, 0.1) is 0 Å².